The van der Waals surface area contributed by atoms with Gasteiger partial charge in [-0.1, -0.05) is 66.1 Å². The van der Waals surface area contributed by atoms with E-state index in [1.54, 1.807) is 12.1 Å². The number of rotatable bonds is 3. The molecule has 2 radical (unpaired) electrons. The zero-order valence-electron chi connectivity index (χ0n) is 15.7. The van der Waals surface area contributed by atoms with Crippen molar-refractivity contribution in [3.05, 3.63) is 109 Å². The Balaban J connectivity index is 1.85. The van der Waals surface area contributed by atoms with Crippen LogP contribution in [0.5, 0.6) is 0 Å². The third-order valence-electron chi connectivity index (χ3n) is 5.22. The van der Waals surface area contributed by atoms with Gasteiger partial charge in [-0.2, -0.15) is 0 Å². The number of hydrogen-bond acceptors (Lipinski definition) is 1. The molecule has 0 spiro atoms. The summed E-state index contributed by atoms with van der Waals surface area (Å²) in [5.74, 6) is -0.255. The van der Waals surface area contributed by atoms with Crippen LogP contribution in [0.2, 0.25) is 0 Å². The average molecular weight is 373 g/mol. The quantitative estimate of drug-likeness (QED) is 0.261. The summed E-state index contributed by atoms with van der Waals surface area (Å²) in [6, 6.07) is 33.3. The first-order valence-electron chi connectivity index (χ1n) is 9.52. The van der Waals surface area contributed by atoms with Gasteiger partial charge in [0.1, 0.15) is 13.7 Å². The van der Waals surface area contributed by atoms with Crippen molar-refractivity contribution in [1.82, 2.24) is 0 Å². The van der Waals surface area contributed by atoms with E-state index >= 15 is 0 Å². The van der Waals surface area contributed by atoms with E-state index in [4.69, 9.17) is 7.85 Å². The van der Waals surface area contributed by atoms with Crippen molar-refractivity contribution in [1.29, 1.82) is 0 Å². The molecule has 0 heterocycles. The largest absolute Gasteiger partial charge is 0.310 e. The Kier molecular flexibility index (Phi) is 4.29. The van der Waals surface area contributed by atoms with E-state index < -0.39 is 0 Å². The summed E-state index contributed by atoms with van der Waals surface area (Å²) in [5, 5.41) is 4.68. The normalized spacial score (nSPS) is 11.1. The maximum atomic E-state index is 13.6. The minimum absolute atomic E-state index is 0.255. The lowest BCUT2D eigenvalue weighted by molar-refractivity contribution is 0.628. The van der Waals surface area contributed by atoms with Crippen LogP contribution in [0.15, 0.2) is 103 Å². The average Bonchev–Trinajstić information content (AvgIpc) is 2.76. The van der Waals surface area contributed by atoms with Gasteiger partial charge in [0.2, 0.25) is 0 Å². The topological polar surface area (TPSA) is 3.24 Å². The second-order valence-corrected chi connectivity index (χ2v) is 7.07. The van der Waals surface area contributed by atoms with Crippen molar-refractivity contribution in [2.45, 2.75) is 0 Å². The second kappa shape index (κ2) is 7.10. The number of benzene rings is 5. The molecule has 5 aromatic rings. The van der Waals surface area contributed by atoms with E-state index in [2.05, 4.69) is 47.4 Å². The molecule has 0 amide bonds. The molecular formula is C26H17BFN. The van der Waals surface area contributed by atoms with Gasteiger partial charge < -0.3 is 4.90 Å². The Morgan fingerprint density at radius 1 is 0.586 bits per heavy atom. The fourth-order valence-electron chi connectivity index (χ4n) is 3.86. The van der Waals surface area contributed by atoms with E-state index in [0.717, 1.165) is 27.8 Å². The third kappa shape index (κ3) is 3.15. The van der Waals surface area contributed by atoms with Crippen LogP contribution < -0.4 is 10.4 Å². The molecule has 5 aromatic carbocycles. The predicted molar refractivity (Wildman–Crippen MR) is 121 cm³/mol. The van der Waals surface area contributed by atoms with Gasteiger partial charge in [-0.3, -0.25) is 0 Å². The van der Waals surface area contributed by atoms with Crippen molar-refractivity contribution in [2.24, 2.45) is 0 Å². The molecule has 1 nitrogen and oxygen atoms in total. The highest BCUT2D eigenvalue weighted by Gasteiger charge is 2.17. The fourth-order valence-corrected chi connectivity index (χ4v) is 3.86. The molecule has 0 aromatic heterocycles. The fraction of sp³-hybridized carbons (Fsp3) is 0. The third-order valence-corrected chi connectivity index (χ3v) is 5.22. The van der Waals surface area contributed by atoms with Gasteiger partial charge in [-0.05, 0) is 58.6 Å². The Morgan fingerprint density at radius 3 is 1.83 bits per heavy atom. The van der Waals surface area contributed by atoms with Crippen LogP contribution in [0.4, 0.5) is 21.5 Å². The van der Waals surface area contributed by atoms with Gasteiger partial charge in [0, 0.05) is 16.8 Å². The van der Waals surface area contributed by atoms with Crippen LogP contribution in [-0.4, -0.2) is 7.85 Å². The number of halogens is 1. The van der Waals surface area contributed by atoms with Crippen LogP contribution in [0, 0.1) is 5.82 Å². The maximum absolute atomic E-state index is 13.6. The minimum atomic E-state index is -0.255. The lowest BCUT2D eigenvalue weighted by atomic mass is 9.95. The van der Waals surface area contributed by atoms with Crippen LogP contribution in [0.3, 0.4) is 0 Å². The molecule has 0 fully saturated rings. The Labute approximate surface area is 170 Å². The van der Waals surface area contributed by atoms with Gasteiger partial charge in [0.05, 0.1) is 5.69 Å². The molecule has 0 bridgehead atoms. The zero-order valence-corrected chi connectivity index (χ0v) is 15.7. The number of nitrogens with zero attached hydrogens (tertiary/aromatic N) is 1. The summed E-state index contributed by atoms with van der Waals surface area (Å²) < 4.78 is 13.6. The minimum Gasteiger partial charge on any atom is -0.310 e. The van der Waals surface area contributed by atoms with Crippen molar-refractivity contribution < 1.29 is 4.39 Å². The number of anilines is 3. The molecule has 0 aliphatic carbocycles. The molecule has 0 N–H and O–H groups in total. The summed E-state index contributed by atoms with van der Waals surface area (Å²) >= 11 is 0. The van der Waals surface area contributed by atoms with Gasteiger partial charge in [-0.25, -0.2) is 4.39 Å². The molecule has 0 unspecified atom stereocenters. The number of hydrogen-bond donors (Lipinski definition) is 0. The summed E-state index contributed by atoms with van der Waals surface area (Å²) in [5.41, 5.74) is 3.59. The van der Waals surface area contributed by atoms with E-state index in [-0.39, 0.29) is 5.82 Å². The molecule has 0 saturated carbocycles. The van der Waals surface area contributed by atoms with Gasteiger partial charge in [0.25, 0.3) is 0 Å². The SMILES string of the molecule is [B]c1ccc(N(c2ccc(F)cc2)c2cc3ccccc3c3ccccc23)cc1. The monoisotopic (exact) mass is 373 g/mol. The molecule has 3 heteroatoms. The Bertz CT molecular complexity index is 1270. The Hall–Kier alpha value is -3.59. The first-order valence-corrected chi connectivity index (χ1v) is 9.52. The molecule has 0 atom stereocenters. The molecule has 29 heavy (non-hydrogen) atoms. The highest BCUT2D eigenvalue weighted by molar-refractivity contribution is 6.32. The number of fused-ring (bicyclic) bond motifs is 3. The van der Waals surface area contributed by atoms with E-state index in [9.17, 15) is 4.39 Å². The van der Waals surface area contributed by atoms with Gasteiger partial charge in [-0.15, -0.1) is 0 Å². The van der Waals surface area contributed by atoms with Crippen molar-refractivity contribution in [3.8, 4) is 0 Å². The molecule has 136 valence electrons. The van der Waals surface area contributed by atoms with E-state index in [0.29, 0.717) is 5.46 Å². The summed E-state index contributed by atoms with van der Waals surface area (Å²) in [6.45, 7) is 0. The standard InChI is InChI=1S/C26H17BFN/c27-19-9-13-21(14-10-19)29(22-15-11-20(28)12-16-22)26-17-18-5-1-2-6-23(18)24-7-3-4-8-25(24)26/h1-17H. The zero-order chi connectivity index (χ0) is 19.8. The van der Waals surface area contributed by atoms with Gasteiger partial charge in [0.15, 0.2) is 0 Å². The first-order chi connectivity index (χ1) is 14.2. The first kappa shape index (κ1) is 17.5. The highest BCUT2D eigenvalue weighted by Crippen LogP contribution is 2.41. The lowest BCUT2D eigenvalue weighted by Crippen LogP contribution is -2.12. The molecule has 0 saturated heterocycles. The molecule has 0 aliphatic rings. The summed E-state index contributed by atoms with van der Waals surface area (Å²) in [6.07, 6.45) is 0. The molecular weight excluding hydrogens is 356 g/mol. The van der Waals surface area contributed by atoms with Crippen LogP contribution in [0.1, 0.15) is 0 Å². The predicted octanol–water partition coefficient (Wildman–Crippen LogP) is 6.40. The van der Waals surface area contributed by atoms with Crippen LogP contribution in [-0.2, 0) is 0 Å². The van der Waals surface area contributed by atoms with Crippen LogP contribution in [0.25, 0.3) is 21.5 Å². The lowest BCUT2D eigenvalue weighted by Gasteiger charge is -2.27. The second-order valence-electron chi connectivity index (χ2n) is 7.07. The van der Waals surface area contributed by atoms with Crippen LogP contribution >= 0.6 is 0 Å². The van der Waals surface area contributed by atoms with E-state index in [1.807, 2.05) is 36.4 Å². The highest BCUT2D eigenvalue weighted by atomic mass is 19.1. The summed E-state index contributed by atoms with van der Waals surface area (Å²) in [4.78, 5) is 2.15. The smallest absolute Gasteiger partial charge is 0.123 e. The summed E-state index contributed by atoms with van der Waals surface area (Å²) in [7, 11) is 5.92. The Morgan fingerprint density at radius 2 is 1.14 bits per heavy atom. The van der Waals surface area contributed by atoms with E-state index in [1.165, 1.54) is 22.9 Å². The van der Waals surface area contributed by atoms with Gasteiger partial charge >= 0.3 is 0 Å². The molecule has 5 rings (SSSR count). The van der Waals surface area contributed by atoms with Crippen molar-refractivity contribution >= 4 is 51.9 Å². The maximum Gasteiger partial charge on any atom is 0.123 e. The molecule has 0 aliphatic heterocycles. The van der Waals surface area contributed by atoms with Crippen molar-refractivity contribution in [2.75, 3.05) is 4.90 Å². The van der Waals surface area contributed by atoms with Crippen molar-refractivity contribution in [3.63, 3.8) is 0 Å².